The van der Waals surface area contributed by atoms with Gasteiger partial charge in [-0.15, -0.1) is 0 Å². The van der Waals surface area contributed by atoms with Crippen LogP contribution in [0.3, 0.4) is 0 Å². The van der Waals surface area contributed by atoms with E-state index in [-0.39, 0.29) is 25.0 Å². The summed E-state index contributed by atoms with van der Waals surface area (Å²) in [7, 11) is 0. The Balaban J connectivity index is 1.62. The van der Waals surface area contributed by atoms with Crippen molar-refractivity contribution >= 4 is 17.6 Å². The molecule has 0 aliphatic carbocycles. The average molecular weight is 369 g/mol. The first-order valence-electron chi connectivity index (χ1n) is 8.90. The van der Waals surface area contributed by atoms with Gasteiger partial charge in [0, 0.05) is 31.5 Å². The number of urea groups is 1. The molecule has 2 aromatic rings. The summed E-state index contributed by atoms with van der Waals surface area (Å²) in [5, 5.41) is 14.7. The molecule has 1 unspecified atom stereocenters. The van der Waals surface area contributed by atoms with Crippen molar-refractivity contribution in [2.45, 2.75) is 19.1 Å². The zero-order valence-corrected chi connectivity index (χ0v) is 14.9. The van der Waals surface area contributed by atoms with E-state index in [1.165, 1.54) is 4.90 Å². The summed E-state index contributed by atoms with van der Waals surface area (Å²) < 4.78 is 5.77. The first kappa shape index (κ1) is 18.7. The van der Waals surface area contributed by atoms with Crippen molar-refractivity contribution in [2.24, 2.45) is 0 Å². The number of benzene rings is 2. The Morgan fingerprint density at radius 3 is 2.81 bits per heavy atom. The van der Waals surface area contributed by atoms with E-state index in [9.17, 15) is 9.59 Å². The van der Waals surface area contributed by atoms with Crippen LogP contribution in [0.2, 0.25) is 0 Å². The summed E-state index contributed by atoms with van der Waals surface area (Å²) >= 11 is 0. The van der Waals surface area contributed by atoms with Crippen LogP contribution in [0, 0.1) is 0 Å². The third-order valence-electron chi connectivity index (χ3n) is 4.33. The number of anilines is 1. The van der Waals surface area contributed by atoms with Gasteiger partial charge in [0.2, 0.25) is 5.91 Å². The fraction of sp³-hybridized carbons (Fsp3) is 0.300. The van der Waals surface area contributed by atoms with Crippen LogP contribution in [-0.4, -0.2) is 47.7 Å². The lowest BCUT2D eigenvalue weighted by molar-refractivity contribution is -0.128. The van der Waals surface area contributed by atoms with Gasteiger partial charge in [-0.3, -0.25) is 4.79 Å². The first-order valence-corrected chi connectivity index (χ1v) is 8.90. The Hall–Kier alpha value is -3.06. The quantitative estimate of drug-likeness (QED) is 0.726. The van der Waals surface area contributed by atoms with E-state index < -0.39 is 6.04 Å². The maximum atomic E-state index is 12.6. The van der Waals surface area contributed by atoms with Gasteiger partial charge in [-0.25, -0.2) is 4.79 Å². The van der Waals surface area contributed by atoms with E-state index in [0.717, 1.165) is 5.56 Å². The molecule has 1 atom stereocenters. The van der Waals surface area contributed by atoms with Crippen molar-refractivity contribution in [3.63, 3.8) is 0 Å². The second-order valence-electron chi connectivity index (χ2n) is 6.24. The van der Waals surface area contributed by atoms with Crippen LogP contribution >= 0.6 is 0 Å². The van der Waals surface area contributed by atoms with Gasteiger partial charge in [0.1, 0.15) is 18.4 Å². The molecule has 1 aliphatic heterocycles. The Bertz CT molecular complexity index is 782. The van der Waals surface area contributed by atoms with Crippen LogP contribution in [-0.2, 0) is 11.4 Å². The Labute approximate surface area is 157 Å². The largest absolute Gasteiger partial charge is 0.489 e. The van der Waals surface area contributed by atoms with Crippen molar-refractivity contribution in [1.29, 1.82) is 0 Å². The molecule has 1 aliphatic rings. The molecule has 3 amide bonds. The monoisotopic (exact) mass is 369 g/mol. The minimum absolute atomic E-state index is 0.162. The van der Waals surface area contributed by atoms with Gasteiger partial charge in [-0.1, -0.05) is 36.4 Å². The fourth-order valence-electron chi connectivity index (χ4n) is 2.97. The number of aliphatic hydroxyl groups excluding tert-OH is 1. The third-order valence-corrected chi connectivity index (χ3v) is 4.33. The summed E-state index contributed by atoms with van der Waals surface area (Å²) in [4.78, 5) is 26.0. The van der Waals surface area contributed by atoms with Crippen molar-refractivity contribution < 1.29 is 19.4 Å². The molecule has 7 nitrogen and oxygen atoms in total. The molecule has 0 saturated carbocycles. The summed E-state index contributed by atoms with van der Waals surface area (Å²) in [6, 6.07) is 15.9. The van der Waals surface area contributed by atoms with Gasteiger partial charge in [0.05, 0.1) is 0 Å². The van der Waals surface area contributed by atoms with Gasteiger partial charge in [0.25, 0.3) is 0 Å². The van der Waals surface area contributed by atoms with Gasteiger partial charge >= 0.3 is 6.03 Å². The van der Waals surface area contributed by atoms with Gasteiger partial charge in [-0.05, 0) is 24.1 Å². The number of hydrogen-bond donors (Lipinski definition) is 3. The number of carbonyl (C=O) groups is 2. The first-order chi connectivity index (χ1) is 13.2. The lowest BCUT2D eigenvalue weighted by atomic mass is 10.1. The molecule has 0 bridgehead atoms. The second-order valence-corrected chi connectivity index (χ2v) is 6.24. The molecule has 1 heterocycles. The number of ether oxygens (including phenoxy) is 1. The lowest BCUT2D eigenvalue weighted by Gasteiger charge is -2.34. The molecular formula is C20H23N3O4. The number of piperazine rings is 1. The maximum Gasteiger partial charge on any atom is 0.322 e. The fourth-order valence-corrected chi connectivity index (χ4v) is 2.97. The van der Waals surface area contributed by atoms with Crippen LogP contribution in [0.1, 0.15) is 12.0 Å². The minimum atomic E-state index is -0.665. The lowest BCUT2D eigenvalue weighted by Crippen LogP contribution is -2.58. The summed E-state index contributed by atoms with van der Waals surface area (Å²) in [6.07, 6.45) is 0.208. The normalized spacial score (nSPS) is 16.6. The summed E-state index contributed by atoms with van der Waals surface area (Å²) in [6.45, 7) is 1.06. The number of hydrogen-bond acceptors (Lipinski definition) is 4. The highest BCUT2D eigenvalue weighted by atomic mass is 16.5. The third kappa shape index (κ3) is 4.98. The highest BCUT2D eigenvalue weighted by molar-refractivity contribution is 5.94. The van der Waals surface area contributed by atoms with Crippen LogP contribution < -0.4 is 15.4 Å². The summed E-state index contributed by atoms with van der Waals surface area (Å²) in [5.41, 5.74) is 1.64. The van der Waals surface area contributed by atoms with Gasteiger partial charge in [-0.2, -0.15) is 0 Å². The van der Waals surface area contributed by atoms with Gasteiger partial charge in [0.15, 0.2) is 0 Å². The molecule has 1 fully saturated rings. The molecule has 1 saturated heterocycles. The minimum Gasteiger partial charge on any atom is -0.489 e. The Morgan fingerprint density at radius 2 is 2.04 bits per heavy atom. The number of aliphatic hydroxyl groups is 1. The van der Waals surface area contributed by atoms with E-state index in [2.05, 4.69) is 10.6 Å². The highest BCUT2D eigenvalue weighted by Gasteiger charge is 2.32. The van der Waals surface area contributed by atoms with Crippen molar-refractivity contribution in [3.8, 4) is 5.75 Å². The molecule has 2 aromatic carbocycles. The van der Waals surface area contributed by atoms with Crippen LogP contribution in [0.25, 0.3) is 0 Å². The molecule has 0 aromatic heterocycles. The van der Waals surface area contributed by atoms with Gasteiger partial charge < -0.3 is 25.4 Å². The molecule has 7 heteroatoms. The summed E-state index contributed by atoms with van der Waals surface area (Å²) in [5.74, 6) is 0.394. The molecule has 27 heavy (non-hydrogen) atoms. The van der Waals surface area contributed by atoms with E-state index in [0.29, 0.717) is 31.1 Å². The number of rotatable bonds is 6. The predicted molar refractivity (Wildman–Crippen MR) is 101 cm³/mol. The smallest absolute Gasteiger partial charge is 0.322 e. The van der Waals surface area contributed by atoms with Crippen LogP contribution in [0.15, 0.2) is 54.6 Å². The molecule has 3 N–H and O–H groups in total. The van der Waals surface area contributed by atoms with E-state index in [1.54, 1.807) is 18.2 Å². The number of nitrogens with zero attached hydrogens (tertiary/aromatic N) is 1. The number of carbonyl (C=O) groups excluding carboxylic acids is 2. The molecular weight excluding hydrogens is 346 g/mol. The van der Waals surface area contributed by atoms with E-state index >= 15 is 0 Å². The molecule has 3 rings (SSSR count). The van der Waals surface area contributed by atoms with Crippen LogP contribution in [0.5, 0.6) is 5.75 Å². The zero-order valence-electron chi connectivity index (χ0n) is 14.9. The molecule has 0 spiro atoms. The maximum absolute atomic E-state index is 12.6. The van der Waals surface area contributed by atoms with Crippen molar-refractivity contribution in [2.75, 3.05) is 25.0 Å². The average Bonchev–Trinajstić information content (AvgIpc) is 2.69. The topological polar surface area (TPSA) is 90.9 Å². The molecule has 0 radical (unpaired) electrons. The zero-order chi connectivity index (χ0) is 19.1. The van der Waals surface area contributed by atoms with Crippen molar-refractivity contribution in [1.82, 2.24) is 10.2 Å². The SMILES string of the molecule is O=C1NCCN(C(=O)Nc2cccc(OCc3ccccc3)c2)C1CCO. The highest BCUT2D eigenvalue weighted by Crippen LogP contribution is 2.20. The van der Waals surface area contributed by atoms with Crippen molar-refractivity contribution in [3.05, 3.63) is 60.2 Å². The Kier molecular flexibility index (Phi) is 6.27. The number of nitrogens with one attached hydrogen (secondary N) is 2. The molecule has 142 valence electrons. The second kappa shape index (κ2) is 9.05. The number of amides is 3. The predicted octanol–water partition coefficient (Wildman–Crippen LogP) is 1.98. The van der Waals surface area contributed by atoms with E-state index in [4.69, 9.17) is 9.84 Å². The van der Waals surface area contributed by atoms with E-state index in [1.807, 2.05) is 36.4 Å². The van der Waals surface area contributed by atoms with Crippen LogP contribution in [0.4, 0.5) is 10.5 Å². The Morgan fingerprint density at radius 1 is 1.22 bits per heavy atom. The standard InChI is InChI=1S/C20H23N3O4/c24-12-9-18-19(25)21-10-11-23(18)20(26)22-16-7-4-8-17(13-16)27-14-15-5-2-1-3-6-15/h1-8,13,18,24H,9-12,14H2,(H,21,25)(H,22,26).